The molecule has 0 saturated carbocycles. The summed E-state index contributed by atoms with van der Waals surface area (Å²) in [5, 5.41) is 0. The van der Waals surface area contributed by atoms with Gasteiger partial charge in [0, 0.05) is 6.04 Å². The highest BCUT2D eigenvalue weighted by atomic mass is 31.2. The first-order valence-electron chi connectivity index (χ1n) is 4.14. The highest BCUT2D eigenvalue weighted by Gasteiger charge is 2.13. The second-order valence-corrected chi connectivity index (χ2v) is 6.59. The van der Waals surface area contributed by atoms with Crippen molar-refractivity contribution >= 4 is 12.6 Å². The van der Waals surface area contributed by atoms with Crippen molar-refractivity contribution in [2.45, 2.75) is 26.8 Å². The van der Waals surface area contributed by atoms with Crippen LogP contribution in [-0.2, 0) is 4.57 Å². The monoisotopic (exact) mass is 187 g/mol. The van der Waals surface area contributed by atoms with Gasteiger partial charge in [-0.2, -0.15) is 0 Å². The van der Waals surface area contributed by atoms with E-state index in [0.29, 0.717) is 0 Å². The summed E-state index contributed by atoms with van der Waals surface area (Å²) >= 11 is 0. The smallest absolute Gasteiger partial charge is 0.126 e. The molecule has 0 radical (unpaired) electrons. The van der Waals surface area contributed by atoms with E-state index in [1.165, 1.54) is 0 Å². The minimum absolute atomic E-state index is 0.212. The third-order valence-electron chi connectivity index (χ3n) is 1.26. The summed E-state index contributed by atoms with van der Waals surface area (Å²) in [7, 11) is -2.18. The molecule has 0 aliphatic carbocycles. The normalized spacial score (nSPS) is 14.7. The van der Waals surface area contributed by atoms with Crippen LogP contribution in [0.25, 0.3) is 0 Å². The summed E-state index contributed by atoms with van der Waals surface area (Å²) in [4.78, 5) is 4.30. The minimum Gasteiger partial charge on any atom is -0.318 e. The molecule has 70 valence electrons. The first kappa shape index (κ1) is 11.6. The summed E-state index contributed by atoms with van der Waals surface area (Å²) in [5.41, 5.74) is 0.736. The first-order chi connectivity index (χ1) is 5.38. The van der Waals surface area contributed by atoms with Gasteiger partial charge in [-0.1, -0.05) is 6.08 Å². The average Bonchev–Trinajstić information content (AvgIpc) is 1.83. The number of nitrogens with zero attached hydrogens (tertiary/aromatic N) is 1. The molecule has 0 aromatic carbocycles. The van der Waals surface area contributed by atoms with Gasteiger partial charge in [0.2, 0.25) is 0 Å². The van der Waals surface area contributed by atoms with E-state index in [1.807, 2.05) is 32.9 Å². The van der Waals surface area contributed by atoms with Crippen LogP contribution in [0.1, 0.15) is 20.8 Å². The Kier molecular flexibility index (Phi) is 4.47. The van der Waals surface area contributed by atoms with Crippen LogP contribution in [0, 0.1) is 0 Å². The van der Waals surface area contributed by atoms with Gasteiger partial charge >= 0.3 is 0 Å². The van der Waals surface area contributed by atoms with Crippen LogP contribution in [-0.4, -0.2) is 24.8 Å². The van der Waals surface area contributed by atoms with Gasteiger partial charge in [0.1, 0.15) is 7.14 Å². The van der Waals surface area contributed by atoms with Gasteiger partial charge in [-0.15, -0.1) is 0 Å². The Hall–Kier alpha value is -0.360. The predicted molar refractivity (Wildman–Crippen MR) is 56.8 cm³/mol. The average molecular weight is 187 g/mol. The maximum absolute atomic E-state index is 11.7. The Balaban J connectivity index is 4.80. The van der Waals surface area contributed by atoms with E-state index in [0.717, 1.165) is 5.45 Å². The van der Waals surface area contributed by atoms with Crippen molar-refractivity contribution in [2.24, 2.45) is 4.99 Å². The summed E-state index contributed by atoms with van der Waals surface area (Å²) in [5.74, 6) is 0. The maximum atomic E-state index is 11.7. The lowest BCUT2D eigenvalue weighted by Gasteiger charge is -2.08. The molecular weight excluding hydrogens is 169 g/mol. The van der Waals surface area contributed by atoms with E-state index in [4.69, 9.17) is 0 Å². The Morgan fingerprint density at radius 3 is 2.17 bits per heavy atom. The van der Waals surface area contributed by atoms with Crippen molar-refractivity contribution in [1.29, 1.82) is 0 Å². The maximum Gasteiger partial charge on any atom is 0.126 e. The molecule has 3 heteroatoms. The number of allylic oxidation sites excluding steroid dienone is 2. The summed E-state index contributed by atoms with van der Waals surface area (Å²) in [6.45, 7) is 9.37. The fourth-order valence-corrected chi connectivity index (χ4v) is 1.79. The molecule has 2 nitrogen and oxygen atoms in total. The van der Waals surface area contributed by atoms with Gasteiger partial charge in [-0.05, 0) is 40.2 Å². The van der Waals surface area contributed by atoms with Crippen molar-refractivity contribution < 1.29 is 4.57 Å². The Bertz CT molecular complexity index is 235. The van der Waals surface area contributed by atoms with Gasteiger partial charge < -0.3 is 4.57 Å². The summed E-state index contributed by atoms with van der Waals surface area (Å²) < 4.78 is 11.7. The SMILES string of the molecule is C/C=C\C(=NC(C)C)P(C)(C)=O. The van der Waals surface area contributed by atoms with Crippen LogP contribution in [0.15, 0.2) is 17.1 Å². The number of hydrogen-bond acceptors (Lipinski definition) is 2. The highest BCUT2D eigenvalue weighted by Crippen LogP contribution is 2.38. The summed E-state index contributed by atoms with van der Waals surface area (Å²) in [6, 6.07) is 0.212. The van der Waals surface area contributed by atoms with Crippen LogP contribution < -0.4 is 0 Å². The zero-order chi connectivity index (χ0) is 9.78. The van der Waals surface area contributed by atoms with Crippen molar-refractivity contribution in [1.82, 2.24) is 0 Å². The second-order valence-electron chi connectivity index (χ2n) is 3.43. The topological polar surface area (TPSA) is 29.4 Å². The van der Waals surface area contributed by atoms with Crippen molar-refractivity contribution in [3.63, 3.8) is 0 Å². The molecule has 0 amide bonds. The molecule has 0 N–H and O–H groups in total. The molecule has 0 aliphatic rings. The van der Waals surface area contributed by atoms with Gasteiger partial charge in [-0.25, -0.2) is 0 Å². The highest BCUT2D eigenvalue weighted by molar-refractivity contribution is 7.80. The Morgan fingerprint density at radius 2 is 1.92 bits per heavy atom. The minimum atomic E-state index is -2.18. The van der Waals surface area contributed by atoms with Crippen LogP contribution in [0.3, 0.4) is 0 Å². The lowest BCUT2D eigenvalue weighted by molar-refractivity contribution is 0.589. The van der Waals surface area contributed by atoms with Crippen molar-refractivity contribution in [3.8, 4) is 0 Å². The van der Waals surface area contributed by atoms with Crippen molar-refractivity contribution in [3.05, 3.63) is 12.2 Å². The molecule has 0 aromatic rings. The van der Waals surface area contributed by atoms with Crippen LogP contribution in [0.5, 0.6) is 0 Å². The molecule has 0 aromatic heterocycles. The lowest BCUT2D eigenvalue weighted by atomic mass is 10.4. The van der Waals surface area contributed by atoms with Gasteiger partial charge in [0.25, 0.3) is 0 Å². The van der Waals surface area contributed by atoms with E-state index < -0.39 is 7.14 Å². The fourth-order valence-electron chi connectivity index (χ4n) is 0.775. The molecule has 0 unspecified atom stereocenters. The Morgan fingerprint density at radius 1 is 1.42 bits per heavy atom. The standard InChI is InChI=1S/C9H18NOP/c1-6-7-9(10-8(2)3)12(4,5)11/h6-8H,1-5H3/b7-6-,10-9?. The van der Waals surface area contributed by atoms with E-state index in [-0.39, 0.29) is 6.04 Å². The van der Waals surface area contributed by atoms with E-state index in [9.17, 15) is 4.57 Å². The van der Waals surface area contributed by atoms with Crippen molar-refractivity contribution in [2.75, 3.05) is 13.3 Å². The zero-order valence-corrected chi connectivity index (χ0v) is 9.43. The molecule has 0 heterocycles. The van der Waals surface area contributed by atoms with Crippen LogP contribution in [0.4, 0.5) is 0 Å². The van der Waals surface area contributed by atoms with E-state index >= 15 is 0 Å². The van der Waals surface area contributed by atoms with Gasteiger partial charge in [0.15, 0.2) is 0 Å². The molecular formula is C9H18NOP. The number of aliphatic imine (C=N–C) groups is 1. The van der Waals surface area contributed by atoms with Gasteiger partial charge in [0.05, 0.1) is 5.45 Å². The number of hydrogen-bond donors (Lipinski definition) is 0. The third-order valence-corrected chi connectivity index (χ3v) is 2.63. The molecule has 0 aliphatic heterocycles. The zero-order valence-electron chi connectivity index (χ0n) is 8.53. The largest absolute Gasteiger partial charge is 0.318 e. The molecule has 0 bridgehead atoms. The molecule has 12 heavy (non-hydrogen) atoms. The molecule has 0 fully saturated rings. The molecule has 0 saturated heterocycles. The quantitative estimate of drug-likeness (QED) is 0.493. The molecule has 0 spiro atoms. The molecule has 0 atom stereocenters. The second kappa shape index (κ2) is 4.61. The summed E-state index contributed by atoms with van der Waals surface area (Å²) in [6.07, 6.45) is 3.71. The van der Waals surface area contributed by atoms with Gasteiger partial charge in [-0.3, -0.25) is 4.99 Å². The number of rotatable bonds is 3. The Labute approximate surface area is 75.2 Å². The first-order valence-corrected chi connectivity index (χ1v) is 6.74. The predicted octanol–water partition coefficient (Wildman–Crippen LogP) is 2.99. The van der Waals surface area contributed by atoms with E-state index in [1.54, 1.807) is 13.3 Å². The van der Waals surface area contributed by atoms with E-state index in [2.05, 4.69) is 4.99 Å². The lowest BCUT2D eigenvalue weighted by Crippen LogP contribution is -1.99. The molecule has 0 rings (SSSR count). The van der Waals surface area contributed by atoms with Crippen LogP contribution in [0.2, 0.25) is 0 Å². The third kappa shape index (κ3) is 4.50. The van der Waals surface area contributed by atoms with Crippen LogP contribution >= 0.6 is 7.14 Å². The fraction of sp³-hybridized carbons (Fsp3) is 0.667.